The van der Waals surface area contributed by atoms with Crippen LogP contribution in [0.1, 0.15) is 18.4 Å². The van der Waals surface area contributed by atoms with E-state index in [9.17, 15) is 0 Å². The number of fused-ring (bicyclic) bond motifs is 1. The molecule has 172 valence electrons. The molecule has 0 bridgehead atoms. The summed E-state index contributed by atoms with van der Waals surface area (Å²) in [6.07, 6.45) is 2.34. The van der Waals surface area contributed by atoms with E-state index in [0.29, 0.717) is 19.1 Å². The van der Waals surface area contributed by atoms with Gasteiger partial charge in [0.2, 0.25) is 0 Å². The number of hydrogen-bond acceptors (Lipinski definition) is 5. The molecule has 2 aromatic rings. The van der Waals surface area contributed by atoms with Crippen molar-refractivity contribution < 1.29 is 14.2 Å². The summed E-state index contributed by atoms with van der Waals surface area (Å²) in [7, 11) is 3.51. The molecule has 2 N–H and O–H groups in total. The summed E-state index contributed by atoms with van der Waals surface area (Å²) in [6, 6.07) is 16.2. The van der Waals surface area contributed by atoms with Crippen LogP contribution in [-0.4, -0.2) is 63.9 Å². The summed E-state index contributed by atoms with van der Waals surface area (Å²) in [5.41, 5.74) is 1.34. The fraction of sp³-hybridized carbons (Fsp3) is 0.480. The lowest BCUT2D eigenvalue weighted by Crippen LogP contribution is -2.47. The second-order valence-electron chi connectivity index (χ2n) is 8.40. The molecular formula is C25H34N4O3. The number of piperidine rings is 1. The molecule has 2 aliphatic heterocycles. The minimum Gasteiger partial charge on any atom is -0.497 e. The van der Waals surface area contributed by atoms with Crippen molar-refractivity contribution in [3.05, 3.63) is 54.1 Å². The molecule has 32 heavy (non-hydrogen) atoms. The van der Waals surface area contributed by atoms with Crippen molar-refractivity contribution in [2.24, 2.45) is 10.9 Å². The normalized spacial score (nSPS) is 19.4. The van der Waals surface area contributed by atoms with Crippen LogP contribution in [-0.2, 0) is 6.54 Å². The van der Waals surface area contributed by atoms with Gasteiger partial charge >= 0.3 is 0 Å². The van der Waals surface area contributed by atoms with E-state index >= 15 is 0 Å². The molecule has 2 aliphatic rings. The Morgan fingerprint density at radius 3 is 2.47 bits per heavy atom. The van der Waals surface area contributed by atoms with Crippen molar-refractivity contribution in [3.8, 4) is 17.2 Å². The third-order valence-corrected chi connectivity index (χ3v) is 6.12. The second kappa shape index (κ2) is 11.1. The lowest BCUT2D eigenvalue weighted by atomic mass is 9.96. The van der Waals surface area contributed by atoms with E-state index in [4.69, 9.17) is 14.2 Å². The van der Waals surface area contributed by atoms with Crippen molar-refractivity contribution >= 4 is 5.96 Å². The van der Waals surface area contributed by atoms with Crippen LogP contribution in [0.3, 0.4) is 0 Å². The molecule has 2 aromatic carbocycles. The number of hydrogen-bond donors (Lipinski definition) is 2. The molecule has 0 spiro atoms. The standard InChI is InChI=1S/C25H34N4O3/c1-26-25(28-16-22-18-31-23-5-3-4-6-24(23)32-22)27-15-19-11-13-29(14-12-19)17-20-7-9-21(30-2)10-8-20/h3-10,19,22H,11-18H2,1-2H3,(H2,26,27,28). The van der Waals surface area contributed by atoms with Gasteiger partial charge in [-0.05, 0) is 61.7 Å². The summed E-state index contributed by atoms with van der Waals surface area (Å²) < 4.78 is 17.0. The highest BCUT2D eigenvalue weighted by Gasteiger charge is 2.22. The lowest BCUT2D eigenvalue weighted by Gasteiger charge is -2.32. The van der Waals surface area contributed by atoms with Crippen molar-refractivity contribution in [3.63, 3.8) is 0 Å². The Morgan fingerprint density at radius 1 is 1.03 bits per heavy atom. The Bertz CT molecular complexity index is 879. The monoisotopic (exact) mass is 438 g/mol. The molecule has 4 rings (SSSR count). The number of benzene rings is 2. The number of ether oxygens (including phenoxy) is 3. The minimum atomic E-state index is -0.0374. The van der Waals surface area contributed by atoms with E-state index in [0.717, 1.165) is 49.4 Å². The molecule has 7 nitrogen and oxygen atoms in total. The number of para-hydroxylation sites is 2. The molecule has 1 fully saturated rings. The Morgan fingerprint density at radius 2 is 1.75 bits per heavy atom. The third kappa shape index (κ3) is 6.07. The number of nitrogens with one attached hydrogen (secondary N) is 2. The van der Waals surface area contributed by atoms with Gasteiger partial charge in [-0.15, -0.1) is 0 Å². The van der Waals surface area contributed by atoms with Crippen molar-refractivity contribution in [1.82, 2.24) is 15.5 Å². The first kappa shape index (κ1) is 22.3. The Labute approximate surface area is 190 Å². The average molecular weight is 439 g/mol. The highest BCUT2D eigenvalue weighted by Crippen LogP contribution is 2.30. The zero-order chi connectivity index (χ0) is 22.2. The molecule has 1 saturated heterocycles. The van der Waals surface area contributed by atoms with Crippen LogP contribution in [0.4, 0.5) is 0 Å². The molecule has 2 heterocycles. The van der Waals surface area contributed by atoms with Gasteiger partial charge in [-0.2, -0.15) is 0 Å². The van der Waals surface area contributed by atoms with E-state index < -0.39 is 0 Å². The lowest BCUT2D eigenvalue weighted by molar-refractivity contribution is 0.0935. The average Bonchev–Trinajstić information content (AvgIpc) is 2.85. The molecule has 7 heteroatoms. The van der Waals surface area contributed by atoms with Crippen LogP contribution in [0.15, 0.2) is 53.5 Å². The van der Waals surface area contributed by atoms with Crippen molar-refractivity contribution in [2.45, 2.75) is 25.5 Å². The van der Waals surface area contributed by atoms with Crippen LogP contribution in [0, 0.1) is 5.92 Å². The maximum absolute atomic E-state index is 6.01. The van der Waals surface area contributed by atoms with Crippen molar-refractivity contribution in [2.75, 3.05) is 46.9 Å². The predicted octanol–water partition coefficient (Wildman–Crippen LogP) is 2.91. The van der Waals surface area contributed by atoms with E-state index in [1.807, 2.05) is 36.4 Å². The highest BCUT2D eigenvalue weighted by atomic mass is 16.6. The summed E-state index contributed by atoms with van der Waals surface area (Å²) in [5.74, 6) is 3.99. The highest BCUT2D eigenvalue weighted by molar-refractivity contribution is 5.79. The SMILES string of the molecule is CN=C(NCC1CCN(Cc2ccc(OC)cc2)CC1)NCC1COc2ccccc2O1. The van der Waals surface area contributed by atoms with Crippen LogP contribution < -0.4 is 24.8 Å². The Hall–Kier alpha value is -2.93. The summed E-state index contributed by atoms with van der Waals surface area (Å²) in [5, 5.41) is 6.86. The first-order valence-corrected chi connectivity index (χ1v) is 11.4. The second-order valence-corrected chi connectivity index (χ2v) is 8.40. The molecule has 0 aromatic heterocycles. The van der Waals surface area contributed by atoms with Gasteiger partial charge in [0.15, 0.2) is 17.5 Å². The molecular weight excluding hydrogens is 404 g/mol. The number of likely N-dealkylation sites (tertiary alicyclic amines) is 1. The largest absolute Gasteiger partial charge is 0.497 e. The molecule has 0 radical (unpaired) electrons. The predicted molar refractivity (Wildman–Crippen MR) is 127 cm³/mol. The number of methoxy groups -OCH3 is 1. The quantitative estimate of drug-likeness (QED) is 0.512. The van der Waals surface area contributed by atoms with Gasteiger partial charge in [-0.1, -0.05) is 24.3 Å². The van der Waals surface area contributed by atoms with Gasteiger partial charge in [0.05, 0.1) is 13.7 Å². The maximum atomic E-state index is 6.01. The smallest absolute Gasteiger partial charge is 0.191 e. The topological polar surface area (TPSA) is 67.4 Å². The summed E-state index contributed by atoms with van der Waals surface area (Å²) >= 11 is 0. The first-order chi connectivity index (χ1) is 15.7. The third-order valence-electron chi connectivity index (χ3n) is 6.12. The molecule has 0 aliphatic carbocycles. The molecule has 1 unspecified atom stereocenters. The van der Waals surface area contributed by atoms with Gasteiger partial charge < -0.3 is 24.8 Å². The van der Waals surface area contributed by atoms with E-state index in [2.05, 4.69) is 32.7 Å². The van der Waals surface area contributed by atoms with Gasteiger partial charge in [-0.25, -0.2) is 0 Å². The van der Waals surface area contributed by atoms with E-state index in [1.165, 1.54) is 18.4 Å². The van der Waals surface area contributed by atoms with Gasteiger partial charge in [0, 0.05) is 20.1 Å². The van der Waals surface area contributed by atoms with Gasteiger partial charge in [-0.3, -0.25) is 9.89 Å². The van der Waals surface area contributed by atoms with E-state index in [-0.39, 0.29) is 6.10 Å². The van der Waals surface area contributed by atoms with Crippen LogP contribution in [0.5, 0.6) is 17.2 Å². The molecule has 1 atom stereocenters. The van der Waals surface area contributed by atoms with Crippen LogP contribution in [0.25, 0.3) is 0 Å². The van der Waals surface area contributed by atoms with Gasteiger partial charge in [0.1, 0.15) is 18.5 Å². The zero-order valence-corrected chi connectivity index (χ0v) is 19.0. The number of rotatable bonds is 7. The summed E-state index contributed by atoms with van der Waals surface area (Å²) in [4.78, 5) is 6.89. The van der Waals surface area contributed by atoms with E-state index in [1.54, 1.807) is 14.2 Å². The number of nitrogens with zero attached hydrogens (tertiary/aromatic N) is 2. The fourth-order valence-electron chi connectivity index (χ4n) is 4.17. The minimum absolute atomic E-state index is 0.0374. The van der Waals surface area contributed by atoms with Crippen LogP contribution in [0.2, 0.25) is 0 Å². The maximum Gasteiger partial charge on any atom is 0.191 e. The fourth-order valence-corrected chi connectivity index (χ4v) is 4.17. The number of aliphatic imine (C=N–C) groups is 1. The Kier molecular flexibility index (Phi) is 7.72. The summed E-state index contributed by atoms with van der Waals surface area (Å²) in [6.45, 7) is 5.36. The number of guanidine groups is 1. The first-order valence-electron chi connectivity index (χ1n) is 11.4. The molecule has 0 saturated carbocycles. The zero-order valence-electron chi connectivity index (χ0n) is 19.0. The Balaban J connectivity index is 1.14. The molecule has 0 amide bonds. The van der Waals surface area contributed by atoms with Crippen molar-refractivity contribution in [1.29, 1.82) is 0 Å². The van der Waals surface area contributed by atoms with Gasteiger partial charge in [0.25, 0.3) is 0 Å². The van der Waals surface area contributed by atoms with Crippen LogP contribution >= 0.6 is 0 Å².